The molecule has 2 rings (SSSR count). The van der Waals surface area contributed by atoms with Crippen LogP contribution in [-0.2, 0) is 9.84 Å². The van der Waals surface area contributed by atoms with Crippen molar-refractivity contribution in [3.05, 3.63) is 41.7 Å². The van der Waals surface area contributed by atoms with E-state index in [9.17, 15) is 8.42 Å². The van der Waals surface area contributed by atoms with Crippen LogP contribution in [0.25, 0.3) is 5.69 Å². The molecule has 0 saturated heterocycles. The monoisotopic (exact) mass is 344 g/mol. The number of thioether (sulfide) groups is 1. The molecule has 4 nitrogen and oxygen atoms in total. The van der Waals surface area contributed by atoms with Gasteiger partial charge in [-0.2, -0.15) is 0 Å². The first-order valence-corrected chi connectivity index (χ1v) is 9.98. The number of rotatable bonds is 7. The van der Waals surface area contributed by atoms with E-state index in [0.29, 0.717) is 11.4 Å². The largest absolute Gasteiger partial charge is 0.295 e. The molecule has 0 radical (unpaired) electrons. The Labute approximate surface area is 134 Å². The lowest BCUT2D eigenvalue weighted by Gasteiger charge is -2.07. The van der Waals surface area contributed by atoms with Crippen molar-refractivity contribution < 1.29 is 8.42 Å². The minimum Gasteiger partial charge on any atom is -0.295 e. The van der Waals surface area contributed by atoms with Crippen molar-refractivity contribution >= 4 is 33.2 Å². The molecule has 0 atom stereocenters. The number of aromatic nitrogens is 2. The van der Waals surface area contributed by atoms with E-state index in [4.69, 9.17) is 11.6 Å². The Bertz CT molecular complexity index is 699. The normalized spacial score (nSPS) is 11.7. The first-order chi connectivity index (χ1) is 9.96. The van der Waals surface area contributed by atoms with Crippen molar-refractivity contribution in [1.82, 2.24) is 9.55 Å². The molecule has 1 heterocycles. The van der Waals surface area contributed by atoms with Gasteiger partial charge in [0.1, 0.15) is 9.84 Å². The summed E-state index contributed by atoms with van der Waals surface area (Å²) in [6.07, 6.45) is 6.44. The average Bonchev–Trinajstić information content (AvgIpc) is 2.85. The van der Waals surface area contributed by atoms with Crippen LogP contribution in [0.5, 0.6) is 0 Å². The molecule has 2 aromatic rings. The fourth-order valence-electron chi connectivity index (χ4n) is 1.85. The van der Waals surface area contributed by atoms with Crippen LogP contribution in [0.3, 0.4) is 0 Å². The summed E-state index contributed by atoms with van der Waals surface area (Å²) in [5, 5.41) is 1.57. The van der Waals surface area contributed by atoms with E-state index in [2.05, 4.69) is 4.98 Å². The SMILES string of the molecule is CS(=O)(=O)CCCCSc1nccn1-c1cccc(Cl)c1. The molecular formula is C14H17ClN2O2S2. The molecule has 114 valence electrons. The number of hydrogen-bond donors (Lipinski definition) is 0. The van der Waals surface area contributed by atoms with Crippen LogP contribution in [0.4, 0.5) is 0 Å². The predicted molar refractivity (Wildman–Crippen MR) is 88.2 cm³/mol. The van der Waals surface area contributed by atoms with E-state index in [0.717, 1.165) is 23.0 Å². The van der Waals surface area contributed by atoms with Gasteiger partial charge in [0.25, 0.3) is 0 Å². The van der Waals surface area contributed by atoms with E-state index < -0.39 is 9.84 Å². The molecule has 0 fully saturated rings. The topological polar surface area (TPSA) is 52.0 Å². The molecular weight excluding hydrogens is 328 g/mol. The number of hydrogen-bond acceptors (Lipinski definition) is 4. The molecule has 0 spiro atoms. The van der Waals surface area contributed by atoms with Gasteiger partial charge >= 0.3 is 0 Å². The zero-order valence-electron chi connectivity index (χ0n) is 11.7. The highest BCUT2D eigenvalue weighted by Crippen LogP contribution is 2.23. The van der Waals surface area contributed by atoms with Gasteiger partial charge in [-0.15, -0.1) is 0 Å². The van der Waals surface area contributed by atoms with Crippen molar-refractivity contribution in [2.75, 3.05) is 17.8 Å². The van der Waals surface area contributed by atoms with Crippen LogP contribution < -0.4 is 0 Å². The van der Waals surface area contributed by atoms with Gasteiger partial charge in [-0.05, 0) is 31.0 Å². The summed E-state index contributed by atoms with van der Waals surface area (Å²) in [6.45, 7) is 0. The van der Waals surface area contributed by atoms with Crippen LogP contribution in [-0.4, -0.2) is 35.7 Å². The third-order valence-electron chi connectivity index (χ3n) is 2.83. The maximum Gasteiger partial charge on any atom is 0.172 e. The molecule has 1 aromatic carbocycles. The highest BCUT2D eigenvalue weighted by Gasteiger charge is 2.07. The molecule has 0 N–H and O–H groups in total. The van der Waals surface area contributed by atoms with Crippen molar-refractivity contribution in [2.24, 2.45) is 0 Å². The highest BCUT2D eigenvalue weighted by molar-refractivity contribution is 7.99. The fraction of sp³-hybridized carbons (Fsp3) is 0.357. The van der Waals surface area contributed by atoms with Crippen molar-refractivity contribution in [1.29, 1.82) is 0 Å². The lowest BCUT2D eigenvalue weighted by molar-refractivity contribution is 0.598. The summed E-state index contributed by atoms with van der Waals surface area (Å²) in [7, 11) is -2.86. The standard InChI is InChI=1S/C14H17ClN2O2S2/c1-21(18,19)10-3-2-9-20-14-16-7-8-17(14)13-6-4-5-12(15)11-13/h4-8,11H,2-3,9-10H2,1H3. The second kappa shape index (κ2) is 7.33. The minimum absolute atomic E-state index is 0.246. The van der Waals surface area contributed by atoms with Gasteiger partial charge in [-0.25, -0.2) is 13.4 Å². The summed E-state index contributed by atoms with van der Waals surface area (Å²) in [6, 6.07) is 7.59. The average molecular weight is 345 g/mol. The highest BCUT2D eigenvalue weighted by atomic mass is 35.5. The Hall–Kier alpha value is -0.980. The third-order valence-corrected chi connectivity index (χ3v) is 5.15. The smallest absolute Gasteiger partial charge is 0.172 e. The molecule has 7 heteroatoms. The van der Waals surface area contributed by atoms with Crippen LogP contribution in [0.2, 0.25) is 5.02 Å². The van der Waals surface area contributed by atoms with E-state index in [1.165, 1.54) is 6.26 Å². The van der Waals surface area contributed by atoms with Gasteiger partial charge in [-0.3, -0.25) is 4.57 Å². The van der Waals surface area contributed by atoms with Gasteiger partial charge in [0, 0.05) is 40.9 Å². The molecule has 0 unspecified atom stereocenters. The molecule has 0 saturated carbocycles. The summed E-state index contributed by atoms with van der Waals surface area (Å²) in [5.74, 6) is 1.09. The fourth-order valence-corrected chi connectivity index (χ4v) is 3.73. The van der Waals surface area contributed by atoms with Crippen LogP contribution in [0, 0.1) is 0 Å². The Kier molecular flexibility index (Phi) is 5.72. The van der Waals surface area contributed by atoms with Gasteiger partial charge in [0.15, 0.2) is 5.16 Å². The summed E-state index contributed by atoms with van der Waals surface area (Å²) in [4.78, 5) is 4.33. The van der Waals surface area contributed by atoms with Gasteiger partial charge in [-0.1, -0.05) is 29.4 Å². The molecule has 0 aliphatic rings. The van der Waals surface area contributed by atoms with Gasteiger partial charge in [0.2, 0.25) is 0 Å². The molecule has 21 heavy (non-hydrogen) atoms. The maximum atomic E-state index is 11.1. The van der Waals surface area contributed by atoms with E-state index in [-0.39, 0.29) is 5.75 Å². The van der Waals surface area contributed by atoms with Crippen LogP contribution in [0.1, 0.15) is 12.8 Å². The van der Waals surface area contributed by atoms with Crippen LogP contribution in [0.15, 0.2) is 41.8 Å². The summed E-state index contributed by atoms with van der Waals surface area (Å²) in [5.41, 5.74) is 0.971. The van der Waals surface area contributed by atoms with Crippen molar-refractivity contribution in [3.63, 3.8) is 0 Å². The first-order valence-electron chi connectivity index (χ1n) is 6.55. The Morgan fingerprint density at radius 2 is 2.14 bits per heavy atom. The second-order valence-corrected chi connectivity index (χ2v) is 8.50. The first kappa shape index (κ1) is 16.4. The summed E-state index contributed by atoms with van der Waals surface area (Å²) < 4.78 is 24.1. The van der Waals surface area contributed by atoms with E-state index >= 15 is 0 Å². The Morgan fingerprint density at radius 3 is 2.86 bits per heavy atom. The molecule has 1 aromatic heterocycles. The van der Waals surface area contributed by atoms with Crippen LogP contribution >= 0.6 is 23.4 Å². The third kappa shape index (κ3) is 5.37. The molecule has 0 aliphatic heterocycles. The molecule has 0 amide bonds. The number of imidazole rings is 1. The lowest BCUT2D eigenvalue weighted by atomic mass is 10.3. The minimum atomic E-state index is -2.86. The van der Waals surface area contributed by atoms with E-state index in [1.54, 1.807) is 18.0 Å². The number of nitrogens with zero attached hydrogens (tertiary/aromatic N) is 2. The number of halogens is 1. The number of sulfone groups is 1. The van der Waals surface area contributed by atoms with E-state index in [1.807, 2.05) is 35.0 Å². The summed E-state index contributed by atoms with van der Waals surface area (Å²) >= 11 is 7.62. The molecule has 0 aliphatic carbocycles. The maximum absolute atomic E-state index is 11.1. The van der Waals surface area contributed by atoms with Crippen molar-refractivity contribution in [2.45, 2.75) is 18.0 Å². The second-order valence-electron chi connectivity index (χ2n) is 4.75. The zero-order chi connectivity index (χ0) is 15.3. The lowest BCUT2D eigenvalue weighted by Crippen LogP contribution is -2.03. The van der Waals surface area contributed by atoms with Crippen molar-refractivity contribution in [3.8, 4) is 5.69 Å². The molecule has 0 bridgehead atoms. The Morgan fingerprint density at radius 1 is 1.33 bits per heavy atom. The Balaban J connectivity index is 1.92. The number of benzene rings is 1. The predicted octanol–water partition coefficient (Wildman–Crippen LogP) is 3.44. The van der Waals surface area contributed by atoms with Gasteiger partial charge < -0.3 is 0 Å². The number of unbranched alkanes of at least 4 members (excludes halogenated alkanes) is 1. The van der Waals surface area contributed by atoms with Gasteiger partial charge in [0.05, 0.1) is 0 Å². The quantitative estimate of drug-likeness (QED) is 0.570. The zero-order valence-corrected chi connectivity index (χ0v) is 14.1.